The second-order valence-corrected chi connectivity index (χ2v) is 5.19. The lowest BCUT2D eigenvalue weighted by Gasteiger charge is -2.11. The molecule has 0 spiro atoms. The quantitative estimate of drug-likeness (QED) is 0.644. The largest absolute Gasteiger partial charge is 0.346 e. The van der Waals surface area contributed by atoms with Crippen molar-refractivity contribution in [2.45, 2.75) is 25.6 Å². The van der Waals surface area contributed by atoms with E-state index in [9.17, 15) is 4.79 Å². The van der Waals surface area contributed by atoms with Gasteiger partial charge in [0.2, 0.25) is 5.91 Å². The van der Waals surface area contributed by atoms with Crippen LogP contribution in [0.5, 0.6) is 0 Å². The van der Waals surface area contributed by atoms with E-state index in [0.29, 0.717) is 19.6 Å². The third-order valence-corrected chi connectivity index (χ3v) is 3.41. The number of carbonyl (C=O) groups excluding carboxylic acids is 1. The normalized spacial score (nSPS) is 15.6. The van der Waals surface area contributed by atoms with E-state index < -0.39 is 0 Å². The molecule has 0 unspecified atom stereocenters. The van der Waals surface area contributed by atoms with Crippen LogP contribution in [0.4, 0.5) is 5.69 Å². The molecule has 0 radical (unpaired) electrons. The minimum absolute atomic E-state index is 0.0476. The molecular weight excluding hydrogens is 310 g/mol. The third kappa shape index (κ3) is 4.60. The fourth-order valence-electron chi connectivity index (χ4n) is 1.92. The standard InChI is InChI=1S/C14H18BrNO3/c15-7-2-1-6-13(17)16-12-5-3-4-11(10-12)14-18-8-9-19-14/h3-5,10,14H,1-2,6-9H2,(H,16,17). The Morgan fingerprint density at radius 2 is 2.11 bits per heavy atom. The maximum absolute atomic E-state index is 11.7. The number of anilines is 1. The number of alkyl halides is 1. The zero-order chi connectivity index (χ0) is 13.5. The fraction of sp³-hybridized carbons (Fsp3) is 0.500. The van der Waals surface area contributed by atoms with Crippen molar-refractivity contribution in [2.75, 3.05) is 23.9 Å². The van der Waals surface area contributed by atoms with Gasteiger partial charge in [0, 0.05) is 23.0 Å². The van der Waals surface area contributed by atoms with E-state index in [1.54, 1.807) is 0 Å². The molecule has 0 aromatic heterocycles. The molecule has 1 aliphatic heterocycles. The zero-order valence-electron chi connectivity index (χ0n) is 10.7. The summed E-state index contributed by atoms with van der Waals surface area (Å²) in [6.07, 6.45) is 2.15. The molecule has 0 atom stereocenters. The van der Waals surface area contributed by atoms with Crippen molar-refractivity contribution >= 4 is 27.5 Å². The summed E-state index contributed by atoms with van der Waals surface area (Å²) in [6.45, 7) is 1.24. The van der Waals surface area contributed by atoms with E-state index in [2.05, 4.69) is 21.2 Å². The van der Waals surface area contributed by atoms with Crippen LogP contribution in [0.3, 0.4) is 0 Å². The highest BCUT2D eigenvalue weighted by molar-refractivity contribution is 9.09. The average Bonchev–Trinajstić information content (AvgIpc) is 2.93. The number of unbranched alkanes of at least 4 members (excludes halogenated alkanes) is 1. The summed E-state index contributed by atoms with van der Waals surface area (Å²) in [5.74, 6) is 0.0476. The highest BCUT2D eigenvalue weighted by Crippen LogP contribution is 2.25. The summed E-state index contributed by atoms with van der Waals surface area (Å²) >= 11 is 3.35. The van der Waals surface area contributed by atoms with Crippen molar-refractivity contribution in [3.05, 3.63) is 29.8 Å². The Bertz CT molecular complexity index is 419. The van der Waals surface area contributed by atoms with Gasteiger partial charge in [0.05, 0.1) is 13.2 Å². The first kappa shape index (κ1) is 14.5. The first-order chi connectivity index (χ1) is 9.29. The number of amides is 1. The van der Waals surface area contributed by atoms with Gasteiger partial charge in [0.25, 0.3) is 0 Å². The fourth-order valence-corrected chi connectivity index (χ4v) is 2.31. The number of carbonyl (C=O) groups is 1. The Morgan fingerprint density at radius 3 is 2.84 bits per heavy atom. The average molecular weight is 328 g/mol. The van der Waals surface area contributed by atoms with Crippen LogP contribution in [-0.4, -0.2) is 24.5 Å². The SMILES string of the molecule is O=C(CCCCBr)Nc1cccc(C2OCCO2)c1. The third-order valence-electron chi connectivity index (χ3n) is 2.85. The van der Waals surface area contributed by atoms with E-state index in [1.165, 1.54) is 0 Å². The van der Waals surface area contributed by atoms with Crippen LogP contribution in [0.1, 0.15) is 31.1 Å². The van der Waals surface area contributed by atoms with Gasteiger partial charge in [0.15, 0.2) is 6.29 Å². The first-order valence-electron chi connectivity index (χ1n) is 6.48. The lowest BCUT2D eigenvalue weighted by Crippen LogP contribution is -2.11. The number of benzene rings is 1. The van der Waals surface area contributed by atoms with Crippen LogP contribution in [0.2, 0.25) is 0 Å². The number of nitrogens with one attached hydrogen (secondary N) is 1. The molecule has 1 saturated heterocycles. The van der Waals surface area contributed by atoms with Crippen LogP contribution in [0.15, 0.2) is 24.3 Å². The van der Waals surface area contributed by atoms with Gasteiger partial charge in [-0.3, -0.25) is 4.79 Å². The molecule has 1 fully saturated rings. The second kappa shape index (κ2) is 7.62. The van der Waals surface area contributed by atoms with Crippen molar-refractivity contribution in [3.63, 3.8) is 0 Å². The predicted molar refractivity (Wildman–Crippen MR) is 77.4 cm³/mol. The van der Waals surface area contributed by atoms with Gasteiger partial charge in [0.1, 0.15) is 0 Å². The number of rotatable bonds is 6. The van der Waals surface area contributed by atoms with Crippen LogP contribution in [0.25, 0.3) is 0 Å². The van der Waals surface area contributed by atoms with Crippen molar-refractivity contribution in [2.24, 2.45) is 0 Å². The Kier molecular flexibility index (Phi) is 5.82. The molecule has 4 nitrogen and oxygen atoms in total. The maximum Gasteiger partial charge on any atom is 0.224 e. The minimum Gasteiger partial charge on any atom is -0.346 e. The second-order valence-electron chi connectivity index (χ2n) is 4.39. The van der Waals surface area contributed by atoms with Gasteiger partial charge >= 0.3 is 0 Å². The van der Waals surface area contributed by atoms with Gasteiger partial charge in [-0.2, -0.15) is 0 Å². The lowest BCUT2D eigenvalue weighted by atomic mass is 10.2. The molecule has 0 aliphatic carbocycles. The molecule has 5 heteroatoms. The highest BCUT2D eigenvalue weighted by atomic mass is 79.9. The molecule has 1 heterocycles. The van der Waals surface area contributed by atoms with E-state index in [0.717, 1.165) is 29.4 Å². The summed E-state index contributed by atoms with van der Waals surface area (Å²) in [5, 5.41) is 3.84. The van der Waals surface area contributed by atoms with Crippen molar-refractivity contribution in [1.29, 1.82) is 0 Å². The van der Waals surface area contributed by atoms with Gasteiger partial charge in [-0.15, -0.1) is 0 Å². The number of hydrogen-bond donors (Lipinski definition) is 1. The molecule has 1 aromatic carbocycles. The smallest absolute Gasteiger partial charge is 0.224 e. The van der Waals surface area contributed by atoms with Crippen molar-refractivity contribution in [1.82, 2.24) is 0 Å². The van der Waals surface area contributed by atoms with Crippen molar-refractivity contribution < 1.29 is 14.3 Å². The summed E-state index contributed by atoms with van der Waals surface area (Å²) < 4.78 is 10.9. The number of ether oxygens (including phenoxy) is 2. The topological polar surface area (TPSA) is 47.6 Å². The zero-order valence-corrected chi connectivity index (χ0v) is 12.3. The van der Waals surface area contributed by atoms with Gasteiger partial charge in [-0.05, 0) is 25.0 Å². The molecule has 1 amide bonds. The predicted octanol–water partition coefficient (Wildman–Crippen LogP) is 3.24. The monoisotopic (exact) mass is 327 g/mol. The Labute approximate surface area is 121 Å². The first-order valence-corrected chi connectivity index (χ1v) is 7.61. The molecule has 104 valence electrons. The molecule has 0 saturated carbocycles. The van der Waals surface area contributed by atoms with E-state index in [4.69, 9.17) is 9.47 Å². The molecular formula is C14H18BrNO3. The molecule has 1 aliphatic rings. The van der Waals surface area contributed by atoms with E-state index in [1.807, 2.05) is 24.3 Å². The van der Waals surface area contributed by atoms with Crippen LogP contribution < -0.4 is 5.32 Å². The van der Waals surface area contributed by atoms with Crippen LogP contribution in [-0.2, 0) is 14.3 Å². The number of halogens is 1. The van der Waals surface area contributed by atoms with Crippen LogP contribution in [0, 0.1) is 0 Å². The van der Waals surface area contributed by atoms with E-state index >= 15 is 0 Å². The van der Waals surface area contributed by atoms with Gasteiger partial charge in [-0.1, -0.05) is 28.1 Å². The van der Waals surface area contributed by atoms with E-state index in [-0.39, 0.29) is 12.2 Å². The Balaban J connectivity index is 1.89. The molecule has 1 N–H and O–H groups in total. The number of hydrogen-bond acceptors (Lipinski definition) is 3. The van der Waals surface area contributed by atoms with Gasteiger partial charge in [-0.25, -0.2) is 0 Å². The molecule has 1 aromatic rings. The summed E-state index contributed by atoms with van der Waals surface area (Å²) in [4.78, 5) is 11.7. The Hall–Kier alpha value is -0.910. The molecule has 19 heavy (non-hydrogen) atoms. The molecule has 2 rings (SSSR count). The van der Waals surface area contributed by atoms with Gasteiger partial charge < -0.3 is 14.8 Å². The summed E-state index contributed by atoms with van der Waals surface area (Å²) in [6, 6.07) is 7.62. The van der Waals surface area contributed by atoms with Crippen LogP contribution >= 0.6 is 15.9 Å². The Morgan fingerprint density at radius 1 is 1.32 bits per heavy atom. The minimum atomic E-state index is -0.301. The lowest BCUT2D eigenvalue weighted by molar-refractivity contribution is -0.116. The highest BCUT2D eigenvalue weighted by Gasteiger charge is 2.18. The van der Waals surface area contributed by atoms with Crippen molar-refractivity contribution in [3.8, 4) is 0 Å². The summed E-state index contributed by atoms with van der Waals surface area (Å²) in [5.41, 5.74) is 1.73. The molecule has 0 bridgehead atoms. The summed E-state index contributed by atoms with van der Waals surface area (Å²) in [7, 11) is 0. The maximum atomic E-state index is 11.7.